The lowest BCUT2D eigenvalue weighted by Crippen LogP contribution is -2.01. The molecular weight excluding hydrogens is 384 g/mol. The van der Waals surface area contributed by atoms with Crippen molar-refractivity contribution in [3.8, 4) is 33.8 Å². The minimum Gasteiger partial charge on any atom is -0.507 e. The number of aromatic hydroxyl groups is 1. The van der Waals surface area contributed by atoms with Gasteiger partial charge in [-0.3, -0.25) is 0 Å². The Hall–Kier alpha value is -3.50. The molecule has 4 aromatic rings. The lowest BCUT2D eigenvalue weighted by molar-refractivity contribution is 0.307. The van der Waals surface area contributed by atoms with Crippen molar-refractivity contribution >= 4 is 17.4 Å². The second-order valence-corrected chi connectivity index (χ2v) is 6.99. The Morgan fingerprint density at radius 1 is 0.862 bits per heavy atom. The molecule has 3 aromatic carbocycles. The van der Waals surface area contributed by atoms with Crippen LogP contribution in [-0.4, -0.2) is 10.1 Å². The highest BCUT2D eigenvalue weighted by Gasteiger charge is 2.09. The summed E-state index contributed by atoms with van der Waals surface area (Å²) in [6.07, 6.45) is 1.71. The number of aromatic nitrogens is 1. The van der Waals surface area contributed by atoms with Crippen LogP contribution in [0.1, 0.15) is 5.56 Å². The van der Waals surface area contributed by atoms with E-state index in [-0.39, 0.29) is 5.75 Å². The third-order valence-corrected chi connectivity index (χ3v) is 5.02. The molecule has 0 fully saturated rings. The maximum absolute atomic E-state index is 10.0. The van der Waals surface area contributed by atoms with Crippen LogP contribution in [0.3, 0.4) is 0 Å². The second-order valence-electron chi connectivity index (χ2n) is 6.58. The Morgan fingerprint density at radius 3 is 2.31 bits per heavy atom. The predicted octanol–water partition coefficient (Wildman–Crippen LogP) is 5.94. The Labute approximate surface area is 174 Å². The second kappa shape index (κ2) is 8.25. The molecule has 4 nitrogen and oxygen atoms in total. The number of nitrogens with two attached hydrogens (primary N) is 1. The van der Waals surface area contributed by atoms with Gasteiger partial charge in [-0.2, -0.15) is 0 Å². The maximum atomic E-state index is 10.0. The number of nitrogens with zero attached hydrogens (tertiary/aromatic N) is 1. The van der Waals surface area contributed by atoms with E-state index in [9.17, 15) is 5.11 Å². The van der Waals surface area contributed by atoms with Gasteiger partial charge in [0, 0.05) is 27.9 Å². The zero-order chi connectivity index (χ0) is 20.2. The maximum Gasteiger partial charge on any atom is 0.166 e. The van der Waals surface area contributed by atoms with Gasteiger partial charge in [0.25, 0.3) is 0 Å². The molecule has 144 valence electrons. The van der Waals surface area contributed by atoms with E-state index in [2.05, 4.69) is 4.98 Å². The van der Waals surface area contributed by atoms with Crippen molar-refractivity contribution < 1.29 is 9.84 Å². The Bertz CT molecular complexity index is 1140. The largest absolute Gasteiger partial charge is 0.507 e. The molecule has 0 aliphatic heterocycles. The van der Waals surface area contributed by atoms with Crippen LogP contribution in [0.25, 0.3) is 22.3 Å². The van der Waals surface area contributed by atoms with Gasteiger partial charge in [0.05, 0.1) is 0 Å². The normalized spacial score (nSPS) is 10.7. The molecule has 3 N–H and O–H groups in total. The van der Waals surface area contributed by atoms with Gasteiger partial charge in [0.15, 0.2) is 11.6 Å². The van der Waals surface area contributed by atoms with Gasteiger partial charge < -0.3 is 15.6 Å². The van der Waals surface area contributed by atoms with E-state index in [1.54, 1.807) is 18.3 Å². The van der Waals surface area contributed by atoms with E-state index in [4.69, 9.17) is 22.1 Å². The average molecular weight is 403 g/mol. The van der Waals surface area contributed by atoms with E-state index in [0.717, 1.165) is 27.8 Å². The van der Waals surface area contributed by atoms with E-state index >= 15 is 0 Å². The van der Waals surface area contributed by atoms with E-state index in [1.165, 1.54) is 0 Å². The topological polar surface area (TPSA) is 68.4 Å². The number of hydrogen-bond acceptors (Lipinski definition) is 4. The molecule has 0 unspecified atom stereocenters. The van der Waals surface area contributed by atoms with Crippen LogP contribution < -0.4 is 10.5 Å². The minimum absolute atomic E-state index is 0.254. The number of ether oxygens (including phenoxy) is 1. The molecule has 4 rings (SSSR count). The summed E-state index contributed by atoms with van der Waals surface area (Å²) in [7, 11) is 0. The summed E-state index contributed by atoms with van der Waals surface area (Å²) >= 11 is 6.19. The van der Waals surface area contributed by atoms with Crippen LogP contribution in [0.15, 0.2) is 85.1 Å². The van der Waals surface area contributed by atoms with Gasteiger partial charge in [-0.25, -0.2) is 4.98 Å². The van der Waals surface area contributed by atoms with E-state index in [1.807, 2.05) is 66.7 Å². The van der Waals surface area contributed by atoms with Gasteiger partial charge >= 0.3 is 0 Å². The van der Waals surface area contributed by atoms with Crippen molar-refractivity contribution in [3.63, 3.8) is 0 Å². The van der Waals surface area contributed by atoms with Crippen LogP contribution in [0, 0.1) is 0 Å². The third kappa shape index (κ3) is 4.18. The van der Waals surface area contributed by atoms with Crippen LogP contribution in [-0.2, 0) is 6.61 Å². The summed E-state index contributed by atoms with van der Waals surface area (Å²) in [5, 5.41) is 10.7. The molecule has 5 heteroatoms. The van der Waals surface area contributed by atoms with Crippen molar-refractivity contribution in [1.29, 1.82) is 0 Å². The molecule has 0 saturated heterocycles. The fraction of sp³-hybridized carbons (Fsp3) is 0.0417. The molecule has 29 heavy (non-hydrogen) atoms. The number of nitrogen functional groups attached to an aromatic ring is 1. The number of rotatable bonds is 5. The van der Waals surface area contributed by atoms with Crippen molar-refractivity contribution in [3.05, 3.63) is 95.6 Å². The highest BCUT2D eigenvalue weighted by molar-refractivity contribution is 6.31. The first-order valence-electron chi connectivity index (χ1n) is 9.12. The van der Waals surface area contributed by atoms with Gasteiger partial charge in [0.2, 0.25) is 0 Å². The summed E-state index contributed by atoms with van der Waals surface area (Å²) in [6, 6.07) is 24.5. The van der Waals surface area contributed by atoms with Gasteiger partial charge in [-0.15, -0.1) is 0 Å². The molecule has 0 bridgehead atoms. The number of benzene rings is 3. The summed E-state index contributed by atoms with van der Waals surface area (Å²) in [5.74, 6) is 1.09. The van der Waals surface area contributed by atoms with Crippen LogP contribution in [0.2, 0.25) is 5.02 Å². The molecule has 0 atom stereocenters. The predicted molar refractivity (Wildman–Crippen MR) is 117 cm³/mol. The number of hydrogen-bond donors (Lipinski definition) is 2. The number of anilines is 1. The molecule has 0 aliphatic carbocycles. The standard InChI is InChI=1S/C24H19ClN2O2/c25-21-7-3-1-5-18(21)15-29-23-13-19(14-27-24(23)26)16-9-11-17(12-10-16)20-6-2-4-8-22(20)28/h1-14,28H,15H2,(H2,26,27). The Morgan fingerprint density at radius 2 is 1.55 bits per heavy atom. The zero-order valence-corrected chi connectivity index (χ0v) is 16.3. The highest BCUT2D eigenvalue weighted by atomic mass is 35.5. The quantitative estimate of drug-likeness (QED) is 0.433. The Kier molecular flexibility index (Phi) is 5.36. The lowest BCUT2D eigenvalue weighted by atomic mass is 10.0. The molecule has 1 heterocycles. The molecule has 0 amide bonds. The monoisotopic (exact) mass is 402 g/mol. The minimum atomic E-state index is 0.254. The van der Waals surface area contributed by atoms with Crippen molar-refractivity contribution in [2.45, 2.75) is 6.61 Å². The number of halogens is 1. The first kappa shape index (κ1) is 18.8. The Balaban J connectivity index is 1.57. The molecule has 1 aromatic heterocycles. The highest BCUT2D eigenvalue weighted by Crippen LogP contribution is 2.32. The average Bonchev–Trinajstić information content (AvgIpc) is 2.75. The summed E-state index contributed by atoms with van der Waals surface area (Å²) in [5.41, 5.74) is 10.5. The summed E-state index contributed by atoms with van der Waals surface area (Å²) in [4.78, 5) is 4.26. The van der Waals surface area contributed by atoms with Gasteiger partial charge in [-0.1, -0.05) is 72.3 Å². The van der Waals surface area contributed by atoms with Crippen LogP contribution in [0.4, 0.5) is 5.82 Å². The molecule has 0 aliphatic rings. The summed E-state index contributed by atoms with van der Waals surface area (Å²) < 4.78 is 5.87. The SMILES string of the molecule is Nc1ncc(-c2ccc(-c3ccccc3O)cc2)cc1OCc1ccccc1Cl. The fourth-order valence-corrected chi connectivity index (χ4v) is 3.25. The van der Waals surface area contributed by atoms with Gasteiger partial charge in [0.1, 0.15) is 12.4 Å². The van der Waals surface area contributed by atoms with Crippen LogP contribution in [0.5, 0.6) is 11.5 Å². The van der Waals surface area contributed by atoms with E-state index < -0.39 is 0 Å². The number of para-hydroxylation sites is 1. The fourth-order valence-electron chi connectivity index (χ4n) is 3.06. The van der Waals surface area contributed by atoms with Crippen LogP contribution >= 0.6 is 11.6 Å². The van der Waals surface area contributed by atoms with Crippen molar-refractivity contribution in [2.75, 3.05) is 5.73 Å². The first-order valence-corrected chi connectivity index (χ1v) is 9.50. The summed E-state index contributed by atoms with van der Waals surface area (Å²) in [6.45, 7) is 0.307. The smallest absolute Gasteiger partial charge is 0.166 e. The first-order chi connectivity index (χ1) is 14.1. The molecule has 0 saturated carbocycles. The zero-order valence-electron chi connectivity index (χ0n) is 15.5. The molecule has 0 spiro atoms. The number of pyridine rings is 1. The third-order valence-electron chi connectivity index (χ3n) is 4.66. The van der Waals surface area contributed by atoms with Crippen molar-refractivity contribution in [2.24, 2.45) is 0 Å². The lowest BCUT2D eigenvalue weighted by Gasteiger charge is -2.12. The van der Waals surface area contributed by atoms with Gasteiger partial charge in [-0.05, 0) is 29.3 Å². The number of phenolic OH excluding ortho intramolecular Hbond substituents is 1. The van der Waals surface area contributed by atoms with Crippen molar-refractivity contribution in [1.82, 2.24) is 4.98 Å². The molecular formula is C24H19ClN2O2. The molecule has 0 radical (unpaired) electrons. The van der Waals surface area contributed by atoms with E-state index in [0.29, 0.717) is 23.2 Å². The number of phenols is 1.